The van der Waals surface area contributed by atoms with Crippen LogP contribution in [-0.2, 0) is 23.2 Å². The van der Waals surface area contributed by atoms with Crippen molar-refractivity contribution in [1.82, 2.24) is 9.55 Å². The number of carbonyl (C=O) groups is 1. The molecule has 0 spiro atoms. The average Bonchev–Trinajstić information content (AvgIpc) is 2.86. The third-order valence-electron chi connectivity index (χ3n) is 5.80. The Hall–Kier alpha value is -1.89. The number of aryl methyl sites for hydroxylation is 1. The van der Waals surface area contributed by atoms with Gasteiger partial charge in [-0.15, -0.1) is 0 Å². The summed E-state index contributed by atoms with van der Waals surface area (Å²) in [6, 6.07) is 0. The van der Waals surface area contributed by atoms with Crippen LogP contribution in [0.5, 0.6) is 0 Å². The lowest BCUT2D eigenvalue weighted by Crippen LogP contribution is -2.45. The molecule has 0 N–H and O–H groups in total. The lowest BCUT2D eigenvalue weighted by atomic mass is 9.59. The molecule has 23 heavy (non-hydrogen) atoms. The zero-order valence-electron chi connectivity index (χ0n) is 14.5. The van der Waals surface area contributed by atoms with Gasteiger partial charge in [0, 0.05) is 23.6 Å². The number of allylic oxidation sites excluding steroid dienone is 2. The Balaban J connectivity index is 2.14. The summed E-state index contributed by atoms with van der Waals surface area (Å²) in [5, 5.41) is 0. The van der Waals surface area contributed by atoms with E-state index in [1.54, 1.807) is 0 Å². The maximum atomic E-state index is 12.4. The number of aromatic nitrogens is 2. The Morgan fingerprint density at radius 3 is 2.91 bits per heavy atom. The molecule has 0 aromatic carbocycles. The van der Waals surface area contributed by atoms with E-state index in [0.717, 1.165) is 37.3 Å². The second-order valence-corrected chi connectivity index (χ2v) is 7.18. The summed E-state index contributed by atoms with van der Waals surface area (Å²) in [5.41, 5.74) is 2.42. The molecule has 0 fully saturated rings. The molecule has 0 saturated carbocycles. The Labute approximate surface area is 138 Å². The van der Waals surface area contributed by atoms with Crippen LogP contribution >= 0.6 is 0 Å². The van der Waals surface area contributed by atoms with Gasteiger partial charge in [-0.25, -0.2) is 9.83 Å². The van der Waals surface area contributed by atoms with Crippen LogP contribution < -0.4 is 0 Å². The molecule has 0 unspecified atom stereocenters. The average molecular weight is 311 g/mol. The quantitative estimate of drug-likeness (QED) is 0.796. The third-order valence-corrected chi connectivity index (χ3v) is 5.80. The molecular formula is C19H25N3O. The van der Waals surface area contributed by atoms with Crippen LogP contribution in [0.2, 0.25) is 0 Å². The van der Waals surface area contributed by atoms with Crippen molar-refractivity contribution in [2.24, 2.45) is 11.8 Å². The predicted molar refractivity (Wildman–Crippen MR) is 89.9 cm³/mol. The molecule has 2 aliphatic rings. The topological polar surface area (TPSA) is 39.2 Å². The van der Waals surface area contributed by atoms with Gasteiger partial charge in [0.1, 0.15) is 5.82 Å². The van der Waals surface area contributed by atoms with E-state index < -0.39 is 0 Å². The molecule has 0 amide bonds. The number of hydrogen-bond acceptors (Lipinski definition) is 2. The number of hydrogen-bond donors (Lipinski definition) is 0. The molecule has 1 aromatic heterocycles. The van der Waals surface area contributed by atoms with Crippen LogP contribution in [0.1, 0.15) is 57.2 Å². The van der Waals surface area contributed by atoms with Crippen molar-refractivity contribution in [3.8, 4) is 0 Å². The first-order chi connectivity index (χ1) is 10.9. The smallest absolute Gasteiger partial charge is 0.226 e. The van der Waals surface area contributed by atoms with Crippen molar-refractivity contribution < 1.29 is 4.79 Å². The minimum atomic E-state index is -0.289. The predicted octanol–water partition coefficient (Wildman–Crippen LogP) is 3.83. The summed E-state index contributed by atoms with van der Waals surface area (Å²) in [7, 11) is 0. The fraction of sp³-hybridized carbons (Fsp3) is 0.632. The van der Waals surface area contributed by atoms with Crippen molar-refractivity contribution in [2.45, 2.75) is 65.3 Å². The van der Waals surface area contributed by atoms with Gasteiger partial charge in [0.25, 0.3) is 0 Å². The Bertz CT molecular complexity index is 722. The normalized spacial score (nSPS) is 29.5. The number of imidazole rings is 1. The van der Waals surface area contributed by atoms with Gasteiger partial charge in [0.05, 0.1) is 12.3 Å². The summed E-state index contributed by atoms with van der Waals surface area (Å²) >= 11 is 0. The molecule has 3 atom stereocenters. The van der Waals surface area contributed by atoms with Crippen LogP contribution in [0, 0.1) is 25.3 Å². The Morgan fingerprint density at radius 1 is 1.52 bits per heavy atom. The van der Waals surface area contributed by atoms with Gasteiger partial charge in [-0.2, -0.15) is 0 Å². The summed E-state index contributed by atoms with van der Waals surface area (Å²) < 4.78 is 2.35. The number of Topliss-reactive ketones (excluding diaryl/α,β-unsaturated/α-hetero) is 1. The van der Waals surface area contributed by atoms with Gasteiger partial charge in [-0.05, 0) is 32.1 Å². The number of nitrogens with zero attached hydrogens (tertiary/aromatic N) is 3. The van der Waals surface area contributed by atoms with Crippen molar-refractivity contribution in [1.29, 1.82) is 0 Å². The zero-order valence-corrected chi connectivity index (χ0v) is 14.5. The largest absolute Gasteiger partial charge is 0.332 e. The lowest BCUT2D eigenvalue weighted by molar-refractivity contribution is -0.121. The maximum Gasteiger partial charge on any atom is 0.226 e. The fourth-order valence-corrected chi connectivity index (χ4v) is 4.48. The highest BCUT2D eigenvalue weighted by Crippen LogP contribution is 2.49. The number of rotatable bonds is 3. The Morgan fingerprint density at radius 2 is 2.26 bits per heavy atom. The van der Waals surface area contributed by atoms with Gasteiger partial charge in [-0.3, -0.25) is 0 Å². The highest BCUT2D eigenvalue weighted by molar-refractivity contribution is 6.00. The molecule has 0 saturated heterocycles. The van der Waals surface area contributed by atoms with Crippen molar-refractivity contribution in [3.05, 3.63) is 40.4 Å². The minimum Gasteiger partial charge on any atom is -0.332 e. The highest BCUT2D eigenvalue weighted by Gasteiger charge is 2.49. The summed E-state index contributed by atoms with van der Waals surface area (Å²) in [4.78, 5) is 20.8. The van der Waals surface area contributed by atoms with E-state index in [-0.39, 0.29) is 23.0 Å². The number of fused-ring (bicyclic) bond motifs is 3. The third kappa shape index (κ3) is 2.25. The first-order valence-corrected chi connectivity index (χ1v) is 8.65. The molecule has 2 aliphatic carbocycles. The molecule has 3 rings (SSSR count). The summed E-state index contributed by atoms with van der Waals surface area (Å²) in [6.45, 7) is 16.8. The van der Waals surface area contributed by atoms with Gasteiger partial charge in [-0.1, -0.05) is 33.3 Å². The maximum absolute atomic E-state index is 12.4. The second kappa shape index (κ2) is 5.63. The lowest BCUT2D eigenvalue weighted by Gasteiger charge is -2.44. The van der Waals surface area contributed by atoms with Crippen molar-refractivity contribution >= 4 is 5.78 Å². The molecule has 0 radical (unpaired) electrons. The van der Waals surface area contributed by atoms with Gasteiger partial charge in [0.2, 0.25) is 5.70 Å². The SMILES string of the molecule is [C-]#[N+]C1=C[C@]2(C)c3nc(C)n(CCCC)c3CC[C@H]2[C@H](C)C1=O. The van der Waals surface area contributed by atoms with E-state index in [1.165, 1.54) is 12.1 Å². The number of ketones is 1. The van der Waals surface area contributed by atoms with Crippen molar-refractivity contribution in [2.75, 3.05) is 0 Å². The standard InChI is InChI=1S/C19H25N3O/c1-6-7-10-22-13(3)21-18-16(22)9-8-14-12(2)17(23)15(20-5)11-19(14,18)4/h11-12,14H,6-10H2,1-4H3/t12-,14-,19-/m0/s1. The molecular weight excluding hydrogens is 286 g/mol. The molecule has 1 aromatic rings. The van der Waals surface area contributed by atoms with E-state index in [4.69, 9.17) is 11.6 Å². The first kappa shape index (κ1) is 16.0. The van der Waals surface area contributed by atoms with Crippen LogP contribution in [0.15, 0.2) is 11.8 Å². The minimum absolute atomic E-state index is 0.00747. The first-order valence-electron chi connectivity index (χ1n) is 8.65. The second-order valence-electron chi connectivity index (χ2n) is 7.18. The number of carbonyl (C=O) groups excluding carboxylic acids is 1. The Kier molecular flexibility index (Phi) is 3.91. The van der Waals surface area contributed by atoms with Gasteiger partial charge < -0.3 is 9.36 Å². The van der Waals surface area contributed by atoms with Crippen LogP contribution in [-0.4, -0.2) is 15.3 Å². The van der Waals surface area contributed by atoms with Crippen LogP contribution in [0.25, 0.3) is 4.85 Å². The summed E-state index contributed by atoms with van der Waals surface area (Å²) in [6.07, 6.45) is 6.21. The fourth-order valence-electron chi connectivity index (χ4n) is 4.48. The van der Waals surface area contributed by atoms with Crippen molar-refractivity contribution in [3.63, 3.8) is 0 Å². The van der Waals surface area contributed by atoms with E-state index >= 15 is 0 Å². The highest BCUT2D eigenvalue weighted by atomic mass is 16.1. The monoisotopic (exact) mass is 311 g/mol. The molecule has 0 aliphatic heterocycles. The van der Waals surface area contributed by atoms with E-state index in [2.05, 4.69) is 30.2 Å². The van der Waals surface area contributed by atoms with Gasteiger partial charge in [0.15, 0.2) is 5.78 Å². The van der Waals surface area contributed by atoms with Crippen LogP contribution in [0.3, 0.4) is 0 Å². The molecule has 0 bridgehead atoms. The molecule has 122 valence electrons. The molecule has 4 nitrogen and oxygen atoms in total. The van der Waals surface area contributed by atoms with E-state index in [9.17, 15) is 4.79 Å². The van der Waals surface area contributed by atoms with E-state index in [0.29, 0.717) is 5.70 Å². The number of unbranched alkanes of at least 4 members (excludes halogenated alkanes) is 1. The summed E-state index contributed by atoms with van der Waals surface area (Å²) in [5.74, 6) is 1.23. The molecule has 4 heteroatoms. The molecule has 1 heterocycles. The zero-order chi connectivity index (χ0) is 16.8. The van der Waals surface area contributed by atoms with E-state index in [1.807, 2.05) is 13.0 Å². The van der Waals surface area contributed by atoms with Gasteiger partial charge >= 0.3 is 0 Å². The van der Waals surface area contributed by atoms with Crippen LogP contribution in [0.4, 0.5) is 0 Å².